The second kappa shape index (κ2) is 13.1. The van der Waals surface area contributed by atoms with Crippen molar-refractivity contribution in [3.05, 3.63) is 57.9 Å². The zero-order valence-electron chi connectivity index (χ0n) is 22.1. The smallest absolute Gasteiger partial charge is 0.409 e. The summed E-state index contributed by atoms with van der Waals surface area (Å²) >= 11 is 6.39. The number of rotatable bonds is 11. The van der Waals surface area contributed by atoms with E-state index in [1.54, 1.807) is 32.0 Å². The molecule has 0 unspecified atom stereocenters. The van der Waals surface area contributed by atoms with Crippen LogP contribution in [0.25, 0.3) is 22.1 Å². The van der Waals surface area contributed by atoms with Gasteiger partial charge < -0.3 is 29.4 Å². The molecule has 11 nitrogen and oxygen atoms in total. The summed E-state index contributed by atoms with van der Waals surface area (Å²) in [7, 11) is 3.81. The maximum Gasteiger partial charge on any atom is 0.409 e. The zero-order valence-corrected chi connectivity index (χ0v) is 22.9. The minimum atomic E-state index is -1.23. The van der Waals surface area contributed by atoms with Crippen LogP contribution in [0.1, 0.15) is 13.8 Å². The Bertz CT molecular complexity index is 1420. The van der Waals surface area contributed by atoms with E-state index in [1.165, 1.54) is 29.2 Å². The minimum absolute atomic E-state index is 0.0893. The van der Waals surface area contributed by atoms with Crippen LogP contribution in [-0.4, -0.2) is 79.2 Å². The van der Waals surface area contributed by atoms with E-state index in [4.69, 9.17) is 25.9 Å². The number of fused-ring (bicyclic) bond motifs is 1. The summed E-state index contributed by atoms with van der Waals surface area (Å²) in [5, 5.41) is 14.7. The number of nitrogens with one attached hydrogen (secondary N) is 2. The van der Waals surface area contributed by atoms with E-state index in [0.29, 0.717) is 41.9 Å². The molecule has 3 aromatic rings. The molecule has 0 spiro atoms. The van der Waals surface area contributed by atoms with Gasteiger partial charge in [-0.25, -0.2) is 9.59 Å². The molecule has 1 heterocycles. The van der Waals surface area contributed by atoms with Crippen LogP contribution >= 0.6 is 11.6 Å². The lowest BCUT2D eigenvalue weighted by Gasteiger charge is -2.24. The van der Waals surface area contributed by atoms with Crippen molar-refractivity contribution in [3.8, 4) is 16.9 Å². The van der Waals surface area contributed by atoms with Gasteiger partial charge in [-0.15, -0.1) is 0 Å². The van der Waals surface area contributed by atoms with Crippen LogP contribution in [0.15, 0.2) is 51.7 Å². The summed E-state index contributed by atoms with van der Waals surface area (Å²) < 4.78 is 11.2. The molecule has 1 aromatic heterocycles. The van der Waals surface area contributed by atoms with Crippen molar-refractivity contribution in [1.82, 2.24) is 15.1 Å². The summed E-state index contributed by atoms with van der Waals surface area (Å²) in [5.74, 6) is -0.329. The summed E-state index contributed by atoms with van der Waals surface area (Å²) in [4.78, 5) is 51.8. The Balaban J connectivity index is 1.78. The zero-order chi connectivity index (χ0) is 28.7. The first kappa shape index (κ1) is 29.5. The number of likely N-dealkylation sites (N-methyl/N-ethyl adjacent to an activating group) is 2. The molecule has 3 rings (SSSR count). The predicted octanol–water partition coefficient (Wildman–Crippen LogP) is 3.50. The Labute approximate surface area is 230 Å². The van der Waals surface area contributed by atoms with Crippen molar-refractivity contribution in [2.45, 2.75) is 20.0 Å². The second-order valence-corrected chi connectivity index (χ2v) is 9.43. The molecule has 3 amide bonds. The van der Waals surface area contributed by atoms with Gasteiger partial charge in [-0.2, -0.15) is 0 Å². The summed E-state index contributed by atoms with van der Waals surface area (Å²) in [6, 6.07) is 10.7. The van der Waals surface area contributed by atoms with E-state index in [1.807, 2.05) is 19.0 Å². The lowest BCUT2D eigenvalue weighted by atomic mass is 10.0. The maximum atomic E-state index is 13.0. The third-order valence-electron chi connectivity index (χ3n) is 5.80. The van der Waals surface area contributed by atoms with Gasteiger partial charge in [-0.05, 0) is 52.2 Å². The van der Waals surface area contributed by atoms with E-state index in [-0.39, 0.29) is 34.7 Å². The summed E-state index contributed by atoms with van der Waals surface area (Å²) in [5.41, 5.74) is 0.863. The molecule has 3 N–H and O–H groups in total. The van der Waals surface area contributed by atoms with Crippen LogP contribution in [0.5, 0.6) is 5.75 Å². The molecule has 0 saturated heterocycles. The van der Waals surface area contributed by atoms with Crippen LogP contribution in [-0.2, 0) is 9.59 Å². The van der Waals surface area contributed by atoms with E-state index >= 15 is 0 Å². The molecule has 0 aliphatic rings. The molecule has 0 bridgehead atoms. The molecule has 0 aliphatic carbocycles. The lowest BCUT2D eigenvalue weighted by molar-refractivity contribution is -0.141. The van der Waals surface area contributed by atoms with E-state index in [2.05, 4.69) is 10.6 Å². The molecule has 0 saturated carbocycles. The van der Waals surface area contributed by atoms with Gasteiger partial charge in [-0.1, -0.05) is 17.7 Å². The van der Waals surface area contributed by atoms with Gasteiger partial charge in [0, 0.05) is 54.0 Å². The number of hydrogen-bond donors (Lipinski definition) is 3. The number of hydrogen-bond acceptors (Lipinski definition) is 7. The van der Waals surface area contributed by atoms with Gasteiger partial charge in [0.15, 0.2) is 6.10 Å². The number of benzene rings is 2. The number of nitrogens with zero attached hydrogens (tertiary/aromatic N) is 2. The molecule has 0 radical (unpaired) electrons. The number of ether oxygens (including phenoxy) is 1. The monoisotopic (exact) mass is 558 g/mol. The number of amides is 3. The Morgan fingerprint density at radius 3 is 2.49 bits per heavy atom. The van der Waals surface area contributed by atoms with Gasteiger partial charge in [0.25, 0.3) is 5.91 Å². The highest BCUT2D eigenvalue weighted by atomic mass is 35.5. The number of halogens is 1. The fraction of sp³-hybridized carbons (Fsp3) is 0.333. The van der Waals surface area contributed by atoms with Gasteiger partial charge in [-0.3, -0.25) is 14.9 Å². The van der Waals surface area contributed by atoms with Gasteiger partial charge in [0.2, 0.25) is 5.91 Å². The molecule has 39 heavy (non-hydrogen) atoms. The normalized spacial score (nSPS) is 11.7. The molecule has 1 atom stereocenters. The van der Waals surface area contributed by atoms with Crippen LogP contribution in [0.2, 0.25) is 5.02 Å². The van der Waals surface area contributed by atoms with Crippen LogP contribution < -0.4 is 21.0 Å². The van der Waals surface area contributed by atoms with Gasteiger partial charge in [0.1, 0.15) is 11.3 Å². The molecule has 2 aromatic carbocycles. The Hall–Kier alpha value is -4.09. The third-order valence-corrected chi connectivity index (χ3v) is 6.11. The molecular weight excluding hydrogens is 528 g/mol. The second-order valence-electron chi connectivity index (χ2n) is 9.03. The van der Waals surface area contributed by atoms with E-state index < -0.39 is 17.8 Å². The number of carbonyl (C=O) groups excluding carboxylic acids is 2. The van der Waals surface area contributed by atoms with Gasteiger partial charge in [0.05, 0.1) is 11.6 Å². The largest absolute Gasteiger partial charge is 0.481 e. The van der Waals surface area contributed by atoms with Crippen molar-refractivity contribution in [3.63, 3.8) is 0 Å². The van der Waals surface area contributed by atoms with Crippen LogP contribution in [0.3, 0.4) is 0 Å². The Morgan fingerprint density at radius 2 is 1.85 bits per heavy atom. The number of carboxylic acid groups (broad SMARTS) is 1. The fourth-order valence-corrected chi connectivity index (χ4v) is 4.16. The predicted molar refractivity (Wildman–Crippen MR) is 148 cm³/mol. The molecule has 0 aliphatic heterocycles. The average Bonchev–Trinajstić information content (AvgIpc) is 2.85. The van der Waals surface area contributed by atoms with E-state index in [0.717, 1.165) is 0 Å². The fourth-order valence-electron chi connectivity index (χ4n) is 3.88. The van der Waals surface area contributed by atoms with Crippen molar-refractivity contribution in [2.24, 2.45) is 0 Å². The molecular formula is C27H31ClN4O7. The van der Waals surface area contributed by atoms with Crippen molar-refractivity contribution in [1.29, 1.82) is 0 Å². The Morgan fingerprint density at radius 1 is 1.10 bits per heavy atom. The third kappa shape index (κ3) is 7.95. The quantitative estimate of drug-likeness (QED) is 0.304. The molecule has 208 valence electrons. The first-order chi connectivity index (χ1) is 18.5. The average molecular weight is 559 g/mol. The maximum absolute atomic E-state index is 13.0. The number of anilines is 1. The lowest BCUT2D eigenvalue weighted by Crippen LogP contribution is -2.46. The number of carbonyl (C=O) groups is 3. The van der Waals surface area contributed by atoms with Gasteiger partial charge >= 0.3 is 11.7 Å². The highest BCUT2D eigenvalue weighted by Crippen LogP contribution is 2.35. The van der Waals surface area contributed by atoms with Crippen molar-refractivity contribution < 1.29 is 28.6 Å². The van der Waals surface area contributed by atoms with Crippen LogP contribution in [0.4, 0.5) is 10.5 Å². The summed E-state index contributed by atoms with van der Waals surface area (Å²) in [6.07, 6.45) is -2.13. The standard InChI is InChI=1S/C27H31ClN4O7/c1-5-32(15-24(33)29-10-11-31(3)4)26(35)16(2)38-18-7-9-20-21(14-25(34)39-23(20)13-18)19-8-6-17(12-22(19)28)30-27(36)37/h6-9,12-14,16,30H,5,10-11,15H2,1-4H3,(H,29,33)(H,36,37)/t16-/m1/s1. The highest BCUT2D eigenvalue weighted by molar-refractivity contribution is 6.34. The first-order valence-electron chi connectivity index (χ1n) is 12.2. The minimum Gasteiger partial charge on any atom is -0.481 e. The molecule has 0 fully saturated rings. The van der Waals surface area contributed by atoms with Crippen molar-refractivity contribution in [2.75, 3.05) is 45.6 Å². The topological polar surface area (TPSA) is 141 Å². The van der Waals surface area contributed by atoms with Crippen molar-refractivity contribution >= 4 is 46.2 Å². The first-order valence-corrected chi connectivity index (χ1v) is 12.6. The van der Waals surface area contributed by atoms with E-state index in [9.17, 15) is 19.2 Å². The van der Waals surface area contributed by atoms with Crippen LogP contribution in [0, 0.1) is 0 Å². The Kier molecular flexibility index (Phi) is 9.91. The summed E-state index contributed by atoms with van der Waals surface area (Å²) in [6.45, 7) is 4.75. The molecule has 12 heteroatoms. The highest BCUT2D eigenvalue weighted by Gasteiger charge is 2.23. The SMILES string of the molecule is CCN(CC(=O)NCCN(C)C)C(=O)[C@@H](C)Oc1ccc2c(-c3ccc(NC(=O)O)cc3Cl)cc(=O)oc2c1.